The van der Waals surface area contributed by atoms with E-state index in [0.29, 0.717) is 5.57 Å². The number of hydrogen-bond donors (Lipinski definition) is 1. The lowest BCUT2D eigenvalue weighted by Crippen LogP contribution is -2.25. The monoisotopic (exact) mass is 192 g/mol. The van der Waals surface area contributed by atoms with Crippen LogP contribution in [-0.4, -0.2) is 29.2 Å². The summed E-state index contributed by atoms with van der Waals surface area (Å²) in [4.78, 5) is 10.8. The molecule has 1 N–H and O–H groups in total. The van der Waals surface area contributed by atoms with Gasteiger partial charge in [0.1, 0.15) is 12.7 Å². The van der Waals surface area contributed by atoms with E-state index < -0.39 is 17.5 Å². The van der Waals surface area contributed by atoms with Gasteiger partial charge in [-0.25, -0.2) is 4.79 Å². The zero-order valence-electron chi connectivity index (χ0n) is 7.21. The lowest BCUT2D eigenvalue weighted by atomic mass is 10.3. The van der Waals surface area contributed by atoms with Gasteiger partial charge in [-0.3, -0.25) is 0 Å². The van der Waals surface area contributed by atoms with Crippen molar-refractivity contribution in [2.45, 2.75) is 25.3 Å². The molecule has 0 aliphatic rings. The molecule has 0 aliphatic carbocycles. The smallest absolute Gasteiger partial charge is 0.333 e. The van der Waals surface area contributed by atoms with Gasteiger partial charge in [-0.15, -0.1) is 11.6 Å². The highest BCUT2D eigenvalue weighted by atomic mass is 35.5. The molecule has 0 amide bonds. The standard InChI is InChI=1S/C8H13ClO3/c1-5(2)8(11)12-4-7(10)6(3)9/h6-7,10H,1,4H2,2-3H3. The number of carbonyl (C=O) groups excluding carboxylic acids is 1. The largest absolute Gasteiger partial charge is 0.460 e. The van der Waals surface area contributed by atoms with Crippen molar-refractivity contribution in [3.8, 4) is 0 Å². The number of ether oxygens (including phenoxy) is 1. The lowest BCUT2D eigenvalue weighted by molar-refractivity contribution is -0.141. The molecule has 0 radical (unpaired) electrons. The molecule has 0 aromatic rings. The summed E-state index contributed by atoms with van der Waals surface area (Å²) in [7, 11) is 0. The molecule has 0 spiro atoms. The summed E-state index contributed by atoms with van der Waals surface area (Å²) >= 11 is 5.53. The van der Waals surface area contributed by atoms with Gasteiger partial charge in [0.2, 0.25) is 0 Å². The van der Waals surface area contributed by atoms with Crippen LogP contribution in [0.25, 0.3) is 0 Å². The summed E-state index contributed by atoms with van der Waals surface area (Å²) < 4.78 is 4.65. The van der Waals surface area contributed by atoms with E-state index in [0.717, 1.165) is 0 Å². The van der Waals surface area contributed by atoms with E-state index in [1.807, 2.05) is 0 Å². The van der Waals surface area contributed by atoms with Gasteiger partial charge in [0.25, 0.3) is 0 Å². The van der Waals surface area contributed by atoms with Gasteiger partial charge in [0, 0.05) is 5.57 Å². The topological polar surface area (TPSA) is 46.5 Å². The number of carbonyl (C=O) groups is 1. The van der Waals surface area contributed by atoms with Crippen molar-refractivity contribution in [1.29, 1.82) is 0 Å². The predicted molar refractivity (Wildman–Crippen MR) is 47.1 cm³/mol. The lowest BCUT2D eigenvalue weighted by Gasteiger charge is -2.12. The average Bonchev–Trinajstić information content (AvgIpc) is 1.98. The van der Waals surface area contributed by atoms with Crippen LogP contribution in [0, 0.1) is 0 Å². The third-order valence-corrected chi connectivity index (χ3v) is 1.55. The van der Waals surface area contributed by atoms with Crippen LogP contribution in [0.2, 0.25) is 0 Å². The fourth-order valence-electron chi connectivity index (χ4n) is 0.417. The third kappa shape index (κ3) is 4.36. The Morgan fingerprint density at radius 1 is 1.75 bits per heavy atom. The number of hydrogen-bond acceptors (Lipinski definition) is 3. The maximum Gasteiger partial charge on any atom is 0.333 e. The van der Waals surface area contributed by atoms with Crippen LogP contribution >= 0.6 is 11.6 Å². The molecule has 0 saturated carbocycles. The first-order valence-electron chi connectivity index (χ1n) is 3.60. The van der Waals surface area contributed by atoms with Crippen molar-refractivity contribution in [1.82, 2.24) is 0 Å². The Morgan fingerprint density at radius 3 is 2.58 bits per heavy atom. The minimum absolute atomic E-state index is 0.0869. The van der Waals surface area contributed by atoms with Crippen LogP contribution in [0.1, 0.15) is 13.8 Å². The number of aliphatic hydroxyl groups excluding tert-OH is 1. The predicted octanol–water partition coefficient (Wildman–Crippen LogP) is 1.09. The highest BCUT2D eigenvalue weighted by Gasteiger charge is 2.13. The molecule has 70 valence electrons. The number of esters is 1. The van der Waals surface area contributed by atoms with Crippen LogP contribution in [-0.2, 0) is 9.53 Å². The minimum Gasteiger partial charge on any atom is -0.460 e. The molecule has 0 aromatic carbocycles. The molecule has 0 bridgehead atoms. The molecule has 0 fully saturated rings. The Hall–Kier alpha value is -0.540. The van der Waals surface area contributed by atoms with Crippen LogP contribution in [0.15, 0.2) is 12.2 Å². The number of halogens is 1. The number of alkyl halides is 1. The molecular formula is C8H13ClO3. The molecule has 0 aliphatic heterocycles. The highest BCUT2D eigenvalue weighted by molar-refractivity contribution is 6.20. The van der Waals surface area contributed by atoms with E-state index in [9.17, 15) is 4.79 Å². The van der Waals surface area contributed by atoms with Gasteiger partial charge in [-0.2, -0.15) is 0 Å². The third-order valence-electron chi connectivity index (χ3n) is 1.26. The maximum absolute atomic E-state index is 10.8. The first-order chi connectivity index (χ1) is 5.45. The molecule has 0 aromatic heterocycles. The fourth-order valence-corrected chi connectivity index (χ4v) is 0.490. The second-order valence-electron chi connectivity index (χ2n) is 2.62. The average molecular weight is 193 g/mol. The van der Waals surface area contributed by atoms with Crippen molar-refractivity contribution in [2.24, 2.45) is 0 Å². The Morgan fingerprint density at radius 2 is 2.25 bits per heavy atom. The van der Waals surface area contributed by atoms with Crippen LogP contribution < -0.4 is 0 Å². The molecule has 2 unspecified atom stereocenters. The van der Waals surface area contributed by atoms with Gasteiger partial charge in [0.15, 0.2) is 0 Å². The van der Waals surface area contributed by atoms with E-state index in [-0.39, 0.29) is 6.61 Å². The van der Waals surface area contributed by atoms with E-state index in [4.69, 9.17) is 16.7 Å². The number of rotatable bonds is 4. The first kappa shape index (κ1) is 11.5. The summed E-state index contributed by atoms with van der Waals surface area (Å²) in [6, 6.07) is 0. The Labute approximate surface area is 77.0 Å². The van der Waals surface area contributed by atoms with E-state index >= 15 is 0 Å². The van der Waals surface area contributed by atoms with E-state index in [2.05, 4.69) is 11.3 Å². The molecule has 2 atom stereocenters. The Kier molecular flexibility index (Phi) is 4.93. The van der Waals surface area contributed by atoms with Gasteiger partial charge < -0.3 is 9.84 Å². The molecule has 12 heavy (non-hydrogen) atoms. The summed E-state index contributed by atoms with van der Waals surface area (Å²) in [6.07, 6.45) is -0.824. The molecule has 0 saturated heterocycles. The van der Waals surface area contributed by atoms with Crippen molar-refractivity contribution >= 4 is 17.6 Å². The minimum atomic E-state index is -0.824. The summed E-state index contributed by atoms with van der Waals surface area (Å²) in [5.41, 5.74) is 0.310. The zero-order chi connectivity index (χ0) is 9.72. The van der Waals surface area contributed by atoms with Gasteiger partial charge in [-0.1, -0.05) is 6.58 Å². The first-order valence-corrected chi connectivity index (χ1v) is 4.03. The van der Waals surface area contributed by atoms with Crippen molar-refractivity contribution in [3.05, 3.63) is 12.2 Å². The molecular weight excluding hydrogens is 180 g/mol. The van der Waals surface area contributed by atoms with Gasteiger partial charge in [0.05, 0.1) is 5.38 Å². The molecule has 0 heterocycles. The van der Waals surface area contributed by atoms with E-state index in [1.54, 1.807) is 13.8 Å². The summed E-state index contributed by atoms with van der Waals surface area (Å²) in [5, 5.41) is 8.69. The SMILES string of the molecule is C=C(C)C(=O)OCC(O)C(C)Cl. The zero-order valence-corrected chi connectivity index (χ0v) is 7.97. The van der Waals surface area contributed by atoms with Gasteiger partial charge >= 0.3 is 5.97 Å². The molecule has 0 rings (SSSR count). The summed E-state index contributed by atoms with van der Waals surface area (Å²) in [6.45, 7) is 6.47. The fraction of sp³-hybridized carbons (Fsp3) is 0.625. The molecule has 4 heteroatoms. The quantitative estimate of drug-likeness (QED) is 0.412. The maximum atomic E-state index is 10.8. The highest BCUT2D eigenvalue weighted by Crippen LogP contribution is 2.02. The molecule has 3 nitrogen and oxygen atoms in total. The second kappa shape index (κ2) is 5.17. The second-order valence-corrected chi connectivity index (χ2v) is 3.31. The van der Waals surface area contributed by atoms with Crippen LogP contribution in [0.3, 0.4) is 0 Å². The van der Waals surface area contributed by atoms with E-state index in [1.165, 1.54) is 0 Å². The van der Waals surface area contributed by atoms with Crippen molar-refractivity contribution < 1.29 is 14.6 Å². The van der Waals surface area contributed by atoms with Gasteiger partial charge in [-0.05, 0) is 13.8 Å². The Balaban J connectivity index is 3.69. The Bertz CT molecular complexity index is 177. The normalized spacial score (nSPS) is 15.0. The van der Waals surface area contributed by atoms with Crippen LogP contribution in [0.5, 0.6) is 0 Å². The number of aliphatic hydroxyl groups is 1. The van der Waals surface area contributed by atoms with Crippen molar-refractivity contribution in [2.75, 3.05) is 6.61 Å². The van der Waals surface area contributed by atoms with Crippen LogP contribution in [0.4, 0.5) is 0 Å². The van der Waals surface area contributed by atoms with Crippen molar-refractivity contribution in [3.63, 3.8) is 0 Å². The summed E-state index contributed by atoms with van der Waals surface area (Å²) in [5.74, 6) is -0.508.